The molecule has 0 heterocycles. The smallest absolute Gasteiger partial charge is 0.303 e. The molecule has 48 valence electrons. The Balaban J connectivity index is 2.82. The van der Waals surface area contributed by atoms with Crippen LogP contribution in [-0.2, 0) is 4.79 Å². The maximum atomic E-state index is 9.87. The first-order valence-electron chi connectivity index (χ1n) is 2.99. The molecule has 1 N–H and O–H groups in total. The van der Waals surface area contributed by atoms with Crippen LogP contribution in [0.3, 0.4) is 0 Å². The molecule has 0 spiro atoms. The maximum Gasteiger partial charge on any atom is 0.303 e. The first-order chi connectivity index (χ1) is 3.77. The number of aliphatic carboxylic acids is 1. The average Bonchev–Trinajstić information content (AvgIpc) is 1.66. The molecule has 0 aromatic carbocycles. The van der Waals surface area contributed by atoms with Crippen LogP contribution in [0.25, 0.3) is 0 Å². The van der Waals surface area contributed by atoms with E-state index in [0.717, 1.165) is 19.3 Å². The molecule has 0 amide bonds. The van der Waals surface area contributed by atoms with E-state index in [1.807, 2.05) is 0 Å². The number of carboxylic acids is 1. The van der Waals surface area contributed by atoms with Crippen LogP contribution < -0.4 is 0 Å². The number of unbranched alkanes of at least 4 members (excludes halogenated alkanes) is 2. The summed E-state index contributed by atoms with van der Waals surface area (Å²) in [6.45, 7) is 2.06. The van der Waals surface area contributed by atoms with Gasteiger partial charge < -0.3 is 5.11 Å². The van der Waals surface area contributed by atoms with Crippen LogP contribution in [0.2, 0.25) is 0 Å². The van der Waals surface area contributed by atoms with Crippen LogP contribution >= 0.6 is 0 Å². The average molecular weight is 115 g/mol. The van der Waals surface area contributed by atoms with Crippen molar-refractivity contribution in [2.75, 3.05) is 0 Å². The number of carboxylic acid groups (broad SMARTS) is 1. The predicted octanol–water partition coefficient (Wildman–Crippen LogP) is 1.65. The van der Waals surface area contributed by atoms with E-state index in [1.165, 1.54) is 0 Å². The van der Waals surface area contributed by atoms with E-state index in [2.05, 4.69) is 6.92 Å². The number of hydrogen-bond donors (Lipinski definition) is 1. The van der Waals surface area contributed by atoms with Crippen LogP contribution in [0.4, 0.5) is 0 Å². The zero-order chi connectivity index (χ0) is 6.41. The van der Waals surface area contributed by atoms with Crippen LogP contribution in [-0.4, -0.2) is 11.1 Å². The van der Waals surface area contributed by atoms with Gasteiger partial charge in [0, 0.05) is 6.42 Å². The third-order valence-electron chi connectivity index (χ3n) is 0.994. The van der Waals surface area contributed by atoms with Crippen molar-refractivity contribution in [2.24, 2.45) is 0 Å². The second-order valence-electron chi connectivity index (χ2n) is 1.85. The molecule has 0 atom stereocenters. The zero-order valence-electron chi connectivity index (χ0n) is 5.18. The second kappa shape index (κ2) is 4.62. The van der Waals surface area contributed by atoms with Gasteiger partial charge in [-0.15, -0.1) is 0 Å². The summed E-state index contributed by atoms with van der Waals surface area (Å²) in [5.74, 6) is -0.682. The van der Waals surface area contributed by atoms with E-state index < -0.39 is 5.97 Å². The molecule has 0 fully saturated rings. The number of carbonyl (C=O) groups is 1. The summed E-state index contributed by atoms with van der Waals surface area (Å²) in [7, 11) is 0. The maximum absolute atomic E-state index is 9.87. The highest BCUT2D eigenvalue weighted by molar-refractivity contribution is 5.66. The Morgan fingerprint density at radius 3 is 2.50 bits per heavy atom. The summed E-state index contributed by atoms with van der Waals surface area (Å²) < 4.78 is 0. The molecule has 0 aromatic rings. The van der Waals surface area contributed by atoms with Gasteiger partial charge in [0.05, 0.1) is 0 Å². The summed E-state index contributed by atoms with van der Waals surface area (Å²) in [5, 5.41) is 8.14. The van der Waals surface area contributed by atoms with Crippen molar-refractivity contribution >= 4 is 5.97 Å². The Morgan fingerprint density at radius 2 is 2.12 bits per heavy atom. The van der Waals surface area contributed by atoms with Gasteiger partial charge in [-0.25, -0.2) is 0 Å². The van der Waals surface area contributed by atoms with Crippen molar-refractivity contribution in [3.63, 3.8) is 0 Å². The Labute approximate surface area is 49.5 Å². The van der Waals surface area contributed by atoms with Crippen molar-refractivity contribution in [1.82, 2.24) is 0 Å². The van der Waals surface area contributed by atoms with Gasteiger partial charge in [-0.05, 0) is 6.42 Å². The first kappa shape index (κ1) is 7.47. The molecule has 0 saturated heterocycles. The molecule has 0 aliphatic rings. The largest absolute Gasteiger partial charge is 0.481 e. The van der Waals surface area contributed by atoms with E-state index in [4.69, 9.17) is 5.11 Å². The third-order valence-corrected chi connectivity index (χ3v) is 0.994. The van der Waals surface area contributed by atoms with Gasteiger partial charge in [-0.2, -0.15) is 0 Å². The molecule has 0 aliphatic heterocycles. The fraction of sp³-hybridized carbons (Fsp3) is 0.833. The highest BCUT2D eigenvalue weighted by Crippen LogP contribution is 1.97. The minimum atomic E-state index is -0.682. The predicted molar refractivity (Wildman–Crippen MR) is 31.8 cm³/mol. The molecule has 0 aromatic heterocycles. The van der Waals surface area contributed by atoms with Gasteiger partial charge in [0.25, 0.3) is 0 Å². The third kappa shape index (κ3) is 5.47. The van der Waals surface area contributed by atoms with Crippen molar-refractivity contribution < 1.29 is 9.90 Å². The SMILES string of the molecule is [11CH3]CCCCC(=O)O. The van der Waals surface area contributed by atoms with Gasteiger partial charge in [-0.3, -0.25) is 4.79 Å². The molecule has 2 heteroatoms. The van der Waals surface area contributed by atoms with Crippen molar-refractivity contribution in [2.45, 2.75) is 32.6 Å². The summed E-state index contributed by atoms with van der Waals surface area (Å²) in [4.78, 5) is 9.87. The van der Waals surface area contributed by atoms with Gasteiger partial charge >= 0.3 is 5.97 Å². The van der Waals surface area contributed by atoms with Crippen LogP contribution in [0.5, 0.6) is 0 Å². The summed E-state index contributed by atoms with van der Waals surface area (Å²) in [5.41, 5.74) is 0. The van der Waals surface area contributed by atoms with E-state index in [-0.39, 0.29) is 0 Å². The van der Waals surface area contributed by atoms with Crippen LogP contribution in [0.15, 0.2) is 0 Å². The lowest BCUT2D eigenvalue weighted by Gasteiger charge is -1.89. The Kier molecular flexibility index (Phi) is 4.32. The van der Waals surface area contributed by atoms with Crippen molar-refractivity contribution in [3.05, 3.63) is 0 Å². The molecule has 0 bridgehead atoms. The van der Waals surface area contributed by atoms with E-state index in [0.29, 0.717) is 6.42 Å². The standard InChI is InChI=1S/C6H12O2/c1-2-3-4-5-6(7)8/h2-5H2,1H3,(H,7,8)/i1-1. The van der Waals surface area contributed by atoms with E-state index in [1.54, 1.807) is 0 Å². The normalized spacial score (nSPS) is 9.12. The topological polar surface area (TPSA) is 37.3 Å². The fourth-order valence-corrected chi connectivity index (χ4v) is 0.526. The number of rotatable bonds is 4. The molecule has 0 saturated carbocycles. The lowest BCUT2D eigenvalue weighted by atomic mass is 10.1. The molecule has 0 unspecified atom stereocenters. The molecule has 0 rings (SSSR count). The van der Waals surface area contributed by atoms with Crippen molar-refractivity contribution in [1.29, 1.82) is 0 Å². The molecule has 0 aliphatic carbocycles. The quantitative estimate of drug-likeness (QED) is 0.565. The summed E-state index contributed by atoms with van der Waals surface area (Å²) >= 11 is 0. The van der Waals surface area contributed by atoms with Crippen molar-refractivity contribution in [3.8, 4) is 0 Å². The zero-order valence-corrected chi connectivity index (χ0v) is 5.18. The minimum Gasteiger partial charge on any atom is -0.481 e. The Bertz CT molecular complexity index is 68.9. The monoisotopic (exact) mass is 115 g/mol. The minimum absolute atomic E-state index is 0.327. The molecule has 2 nitrogen and oxygen atoms in total. The van der Waals surface area contributed by atoms with Crippen LogP contribution in [0.1, 0.15) is 32.6 Å². The summed E-state index contributed by atoms with van der Waals surface area (Å²) in [6, 6.07) is 0. The van der Waals surface area contributed by atoms with Gasteiger partial charge in [0.1, 0.15) is 0 Å². The second-order valence-corrected chi connectivity index (χ2v) is 1.85. The van der Waals surface area contributed by atoms with Gasteiger partial charge in [0.2, 0.25) is 0 Å². The molecular weight excluding hydrogens is 103 g/mol. The first-order valence-corrected chi connectivity index (χ1v) is 2.99. The van der Waals surface area contributed by atoms with Crippen LogP contribution in [0, 0.1) is 0 Å². The lowest BCUT2D eigenvalue weighted by molar-refractivity contribution is -0.137. The Morgan fingerprint density at radius 1 is 1.50 bits per heavy atom. The number of hydrogen-bond acceptors (Lipinski definition) is 1. The fourth-order valence-electron chi connectivity index (χ4n) is 0.526. The molecule has 0 radical (unpaired) electrons. The molecule has 8 heavy (non-hydrogen) atoms. The molecular formula is C6H12O2. The highest BCUT2D eigenvalue weighted by Gasteiger charge is 1.92. The Hall–Kier alpha value is -0.530. The van der Waals surface area contributed by atoms with E-state index in [9.17, 15) is 4.79 Å². The van der Waals surface area contributed by atoms with Gasteiger partial charge in [0.15, 0.2) is 0 Å². The van der Waals surface area contributed by atoms with E-state index >= 15 is 0 Å². The van der Waals surface area contributed by atoms with Gasteiger partial charge in [-0.1, -0.05) is 19.8 Å². The highest BCUT2D eigenvalue weighted by atomic mass is 16.4. The lowest BCUT2D eigenvalue weighted by Crippen LogP contribution is -1.92. The summed E-state index contributed by atoms with van der Waals surface area (Å²) in [6.07, 6.45) is 3.28.